The first kappa shape index (κ1) is 36.2. The van der Waals surface area contributed by atoms with Crippen molar-refractivity contribution >= 4 is 48.2 Å². The zero-order valence-electron chi connectivity index (χ0n) is 24.2. The van der Waals surface area contributed by atoms with Crippen molar-refractivity contribution in [2.24, 2.45) is 17.4 Å². The summed E-state index contributed by atoms with van der Waals surface area (Å²) in [5, 5.41) is 29.4. The number of benzene rings is 1. The summed E-state index contributed by atoms with van der Waals surface area (Å²) >= 11 is 3.97. The van der Waals surface area contributed by atoms with E-state index in [0.717, 1.165) is 0 Å². The fourth-order valence-corrected chi connectivity index (χ4v) is 4.13. The first-order valence-corrected chi connectivity index (χ1v) is 14.3. The Morgan fingerprint density at radius 3 is 2.00 bits per heavy atom. The molecule has 0 radical (unpaired) electrons. The number of amides is 4. The molecule has 0 saturated carbocycles. The Bertz CT molecular complexity index is 1070. The van der Waals surface area contributed by atoms with Gasteiger partial charge in [-0.05, 0) is 37.7 Å². The molecular formula is C27H44N8O6S. The zero-order chi connectivity index (χ0) is 31.8. The van der Waals surface area contributed by atoms with Gasteiger partial charge in [-0.3, -0.25) is 24.6 Å². The van der Waals surface area contributed by atoms with E-state index in [4.69, 9.17) is 16.9 Å². The Morgan fingerprint density at radius 2 is 1.45 bits per heavy atom. The van der Waals surface area contributed by atoms with Crippen molar-refractivity contribution in [1.82, 2.24) is 26.6 Å². The average molecular weight is 609 g/mol. The van der Waals surface area contributed by atoms with E-state index in [9.17, 15) is 29.1 Å². The predicted molar refractivity (Wildman–Crippen MR) is 162 cm³/mol. The number of nitrogens with one attached hydrogen (secondary N) is 6. The van der Waals surface area contributed by atoms with E-state index in [1.165, 1.54) is 6.92 Å². The second-order valence-electron chi connectivity index (χ2n) is 10.3. The summed E-state index contributed by atoms with van der Waals surface area (Å²) in [6.07, 6.45) is 0.882. The number of thiol groups is 1. The lowest BCUT2D eigenvalue weighted by Gasteiger charge is -2.26. The largest absolute Gasteiger partial charge is 0.480 e. The number of carboxylic acids is 1. The molecule has 0 spiro atoms. The molecule has 5 atom stereocenters. The molecule has 15 heteroatoms. The average Bonchev–Trinajstić information content (AvgIpc) is 2.92. The fraction of sp³-hybridized carbons (Fsp3) is 0.556. The molecule has 0 fully saturated rings. The van der Waals surface area contributed by atoms with Gasteiger partial charge in [0.25, 0.3) is 0 Å². The van der Waals surface area contributed by atoms with Crippen LogP contribution in [0.4, 0.5) is 0 Å². The van der Waals surface area contributed by atoms with Gasteiger partial charge in [0.2, 0.25) is 23.6 Å². The van der Waals surface area contributed by atoms with Crippen LogP contribution in [0.3, 0.4) is 0 Å². The molecular weight excluding hydrogens is 564 g/mol. The van der Waals surface area contributed by atoms with Crippen molar-refractivity contribution in [3.63, 3.8) is 0 Å². The topological polar surface area (TPSA) is 242 Å². The lowest BCUT2D eigenvalue weighted by Crippen LogP contribution is -2.58. The number of carboxylic acid groups (broad SMARTS) is 1. The van der Waals surface area contributed by atoms with Crippen LogP contribution < -0.4 is 38.1 Å². The normalized spacial score (nSPS) is 14.4. The van der Waals surface area contributed by atoms with Gasteiger partial charge in [-0.2, -0.15) is 12.6 Å². The number of hydrogen-bond acceptors (Lipinski definition) is 8. The van der Waals surface area contributed by atoms with Crippen LogP contribution >= 0.6 is 12.6 Å². The van der Waals surface area contributed by atoms with Crippen molar-refractivity contribution < 1.29 is 29.1 Å². The van der Waals surface area contributed by atoms with Gasteiger partial charge in [0.1, 0.15) is 24.2 Å². The second kappa shape index (κ2) is 18.6. The van der Waals surface area contributed by atoms with E-state index in [1.807, 2.05) is 13.8 Å². The molecule has 0 saturated heterocycles. The number of rotatable bonds is 18. The van der Waals surface area contributed by atoms with Crippen molar-refractivity contribution in [3.8, 4) is 0 Å². The molecule has 0 aliphatic heterocycles. The first-order chi connectivity index (χ1) is 19.7. The number of nitrogens with two attached hydrogens (primary N) is 2. The van der Waals surface area contributed by atoms with Gasteiger partial charge in [-0.1, -0.05) is 44.2 Å². The van der Waals surface area contributed by atoms with E-state index < -0.39 is 59.8 Å². The molecule has 0 bridgehead atoms. The highest BCUT2D eigenvalue weighted by Gasteiger charge is 2.30. The highest BCUT2D eigenvalue weighted by Crippen LogP contribution is 2.07. The molecule has 1 rings (SSSR count). The van der Waals surface area contributed by atoms with E-state index in [2.05, 4.69) is 39.2 Å². The van der Waals surface area contributed by atoms with Gasteiger partial charge in [0, 0.05) is 18.7 Å². The number of carbonyl (C=O) groups excluding carboxylic acids is 4. The molecule has 0 unspecified atom stereocenters. The van der Waals surface area contributed by atoms with Crippen LogP contribution in [0.5, 0.6) is 0 Å². The summed E-state index contributed by atoms with van der Waals surface area (Å²) < 4.78 is 0. The van der Waals surface area contributed by atoms with Gasteiger partial charge in [-0.25, -0.2) is 4.79 Å². The van der Waals surface area contributed by atoms with Crippen molar-refractivity contribution in [2.75, 3.05) is 12.3 Å². The van der Waals surface area contributed by atoms with Crippen molar-refractivity contribution in [2.45, 2.75) is 76.7 Å². The van der Waals surface area contributed by atoms with Crippen LogP contribution in [0.1, 0.15) is 45.6 Å². The van der Waals surface area contributed by atoms with Crippen molar-refractivity contribution in [3.05, 3.63) is 35.9 Å². The minimum Gasteiger partial charge on any atom is -0.480 e. The Morgan fingerprint density at radius 1 is 0.881 bits per heavy atom. The summed E-state index contributed by atoms with van der Waals surface area (Å²) in [4.78, 5) is 63.4. The molecule has 1 aromatic carbocycles. The quantitative estimate of drug-likeness (QED) is 0.0418. The van der Waals surface area contributed by atoms with Crippen LogP contribution in [0.2, 0.25) is 0 Å². The SMILES string of the molecule is CC(C)C[C@H](N)C(=O)N[C@@H](C)C(=O)N[C@@H](CCCNC(=N)N)C(=O)N[C@@H](Cc1ccccc1)C(=O)N[C@@H](CS)C(=O)O. The third-order valence-corrected chi connectivity index (χ3v) is 6.51. The van der Waals surface area contributed by atoms with Gasteiger partial charge in [0.05, 0.1) is 6.04 Å². The van der Waals surface area contributed by atoms with Gasteiger partial charge >= 0.3 is 5.97 Å². The zero-order valence-corrected chi connectivity index (χ0v) is 25.1. The van der Waals surface area contributed by atoms with Crippen LogP contribution in [0.15, 0.2) is 30.3 Å². The monoisotopic (exact) mass is 608 g/mol. The summed E-state index contributed by atoms with van der Waals surface area (Å²) in [6.45, 7) is 5.52. The van der Waals surface area contributed by atoms with Crippen LogP contribution in [-0.4, -0.2) is 83.2 Å². The standard InChI is InChI=1S/C27H44N8O6S/c1-15(2)12-18(28)23(37)32-16(3)22(36)33-19(10-7-11-31-27(29)30)24(38)34-20(13-17-8-5-4-6-9-17)25(39)35-21(14-42)26(40)41/h4-6,8-9,15-16,18-21,42H,7,10-14,28H2,1-3H3,(H,32,37)(H,33,36)(H,34,38)(H,35,39)(H,40,41)(H4,29,30,31)/t16-,18-,19-,20-,21-/m0/s1. The predicted octanol–water partition coefficient (Wildman–Crippen LogP) is -1.16. The Balaban J connectivity index is 3.10. The summed E-state index contributed by atoms with van der Waals surface area (Å²) in [5.41, 5.74) is 11.9. The maximum atomic E-state index is 13.4. The molecule has 11 N–H and O–H groups in total. The molecule has 0 aliphatic carbocycles. The van der Waals surface area contributed by atoms with Crippen LogP contribution in [-0.2, 0) is 30.4 Å². The van der Waals surface area contributed by atoms with E-state index in [-0.39, 0.29) is 37.0 Å². The Kier molecular flexibility index (Phi) is 16.0. The smallest absolute Gasteiger partial charge is 0.327 e. The first-order valence-electron chi connectivity index (χ1n) is 13.7. The highest BCUT2D eigenvalue weighted by atomic mass is 32.1. The maximum Gasteiger partial charge on any atom is 0.327 e. The van der Waals surface area contributed by atoms with Crippen molar-refractivity contribution in [1.29, 1.82) is 5.41 Å². The lowest BCUT2D eigenvalue weighted by atomic mass is 10.0. The molecule has 0 aliphatic rings. The molecule has 42 heavy (non-hydrogen) atoms. The second-order valence-corrected chi connectivity index (χ2v) is 10.7. The number of guanidine groups is 1. The maximum absolute atomic E-state index is 13.4. The molecule has 0 heterocycles. The summed E-state index contributed by atoms with van der Waals surface area (Å²) in [7, 11) is 0. The van der Waals surface area contributed by atoms with Crippen LogP contribution in [0.25, 0.3) is 0 Å². The van der Waals surface area contributed by atoms with Gasteiger partial charge in [-0.15, -0.1) is 0 Å². The highest BCUT2D eigenvalue weighted by molar-refractivity contribution is 7.80. The molecule has 4 amide bonds. The number of hydrogen-bond donors (Lipinski definition) is 10. The minimum absolute atomic E-state index is 0.0457. The summed E-state index contributed by atoms with van der Waals surface area (Å²) in [6, 6.07) is 3.38. The third kappa shape index (κ3) is 13.7. The Labute approximate surface area is 251 Å². The number of carbonyl (C=O) groups is 5. The number of aliphatic carboxylic acids is 1. The molecule has 234 valence electrons. The van der Waals surface area contributed by atoms with Gasteiger partial charge in [0.15, 0.2) is 5.96 Å². The molecule has 0 aromatic heterocycles. The molecule has 14 nitrogen and oxygen atoms in total. The molecule has 1 aromatic rings. The van der Waals surface area contributed by atoms with E-state index in [0.29, 0.717) is 18.4 Å². The van der Waals surface area contributed by atoms with Gasteiger partial charge < -0.3 is 43.2 Å². The van der Waals surface area contributed by atoms with E-state index >= 15 is 0 Å². The summed E-state index contributed by atoms with van der Waals surface area (Å²) in [5.74, 6) is -4.13. The lowest BCUT2D eigenvalue weighted by molar-refractivity contribution is -0.141. The minimum atomic E-state index is -1.28. The fourth-order valence-electron chi connectivity index (χ4n) is 3.88. The Hall–Kier alpha value is -3.85. The van der Waals surface area contributed by atoms with E-state index in [1.54, 1.807) is 30.3 Å². The van der Waals surface area contributed by atoms with Crippen LogP contribution in [0, 0.1) is 11.3 Å². The third-order valence-electron chi connectivity index (χ3n) is 6.14.